The van der Waals surface area contributed by atoms with Gasteiger partial charge in [0.05, 0.1) is 17.5 Å². The molecule has 0 spiro atoms. The van der Waals surface area contributed by atoms with E-state index in [1.54, 1.807) is 6.20 Å². The van der Waals surface area contributed by atoms with Crippen LogP contribution in [0.1, 0.15) is 57.6 Å². The highest BCUT2D eigenvalue weighted by Crippen LogP contribution is 2.25. The number of hydrogen-bond acceptors (Lipinski definition) is 3. The van der Waals surface area contributed by atoms with Crippen LogP contribution in [0.4, 0.5) is 0 Å². The Bertz CT molecular complexity index is 533. The van der Waals surface area contributed by atoms with Gasteiger partial charge in [-0.15, -0.1) is 0 Å². The lowest BCUT2D eigenvalue weighted by molar-refractivity contribution is -0.137. The summed E-state index contributed by atoms with van der Waals surface area (Å²) < 4.78 is 0. The van der Waals surface area contributed by atoms with E-state index >= 15 is 0 Å². The molecule has 5 nitrogen and oxygen atoms in total. The minimum atomic E-state index is -0.200. The van der Waals surface area contributed by atoms with Crippen LogP contribution >= 0.6 is 0 Å². The summed E-state index contributed by atoms with van der Waals surface area (Å²) >= 11 is 0. The number of aromatic nitrogens is 1. The maximum absolute atomic E-state index is 13.0. The molecule has 5 heteroatoms. The second-order valence-corrected chi connectivity index (χ2v) is 6.51. The molecule has 0 bridgehead atoms. The molecule has 132 valence electrons. The van der Waals surface area contributed by atoms with Gasteiger partial charge in [-0.05, 0) is 37.8 Å². The fourth-order valence-corrected chi connectivity index (χ4v) is 3.27. The molecule has 24 heavy (non-hydrogen) atoms. The van der Waals surface area contributed by atoms with E-state index in [0.717, 1.165) is 44.3 Å². The normalized spacial score (nSPS) is 18.9. The molecule has 1 aliphatic rings. The van der Waals surface area contributed by atoms with Crippen molar-refractivity contribution >= 4 is 11.8 Å². The maximum Gasteiger partial charge on any atom is 0.231 e. The molecule has 0 aromatic carbocycles. The standard InChI is InChI=1S/C19H29N3O2/c1-3-8-16(17-10-5-6-12-20-17)19(24)22-13-7-9-15(14-22)18(23)21-11-4-2/h5-6,10,12,15-16H,3-4,7-9,11,13-14H2,1-2H3,(H,21,23)/t15-,16+/m1/s1. The predicted molar refractivity (Wildman–Crippen MR) is 94.5 cm³/mol. The Morgan fingerprint density at radius 2 is 2.17 bits per heavy atom. The summed E-state index contributed by atoms with van der Waals surface area (Å²) in [6.45, 7) is 6.10. The van der Waals surface area contributed by atoms with Crippen molar-refractivity contribution in [3.8, 4) is 0 Å². The van der Waals surface area contributed by atoms with Gasteiger partial charge >= 0.3 is 0 Å². The zero-order valence-corrected chi connectivity index (χ0v) is 14.8. The fraction of sp³-hybridized carbons (Fsp3) is 0.632. The van der Waals surface area contributed by atoms with E-state index in [1.807, 2.05) is 30.0 Å². The molecule has 0 radical (unpaired) electrons. The van der Waals surface area contributed by atoms with Crippen LogP contribution in [0.15, 0.2) is 24.4 Å². The van der Waals surface area contributed by atoms with E-state index in [1.165, 1.54) is 0 Å². The van der Waals surface area contributed by atoms with Gasteiger partial charge in [0, 0.05) is 25.8 Å². The SMILES string of the molecule is CCCNC(=O)[C@@H]1CCCN(C(=O)[C@@H](CCC)c2ccccn2)C1. The van der Waals surface area contributed by atoms with Crippen LogP contribution in [0.3, 0.4) is 0 Å². The predicted octanol–water partition coefficient (Wildman–Crippen LogP) is 2.73. The summed E-state index contributed by atoms with van der Waals surface area (Å²) in [6.07, 6.45) is 6.14. The highest BCUT2D eigenvalue weighted by molar-refractivity contribution is 5.85. The van der Waals surface area contributed by atoms with Gasteiger partial charge < -0.3 is 10.2 Å². The van der Waals surface area contributed by atoms with E-state index in [9.17, 15) is 9.59 Å². The third-order valence-electron chi connectivity index (χ3n) is 4.57. The van der Waals surface area contributed by atoms with Crippen molar-refractivity contribution < 1.29 is 9.59 Å². The highest BCUT2D eigenvalue weighted by Gasteiger charge is 2.32. The van der Waals surface area contributed by atoms with Crippen LogP contribution in [0.2, 0.25) is 0 Å². The molecule has 1 aliphatic heterocycles. The molecule has 2 rings (SSSR count). The van der Waals surface area contributed by atoms with E-state index in [-0.39, 0.29) is 23.7 Å². The monoisotopic (exact) mass is 331 g/mol. The Hall–Kier alpha value is -1.91. The van der Waals surface area contributed by atoms with Crippen molar-refractivity contribution in [2.45, 2.75) is 51.9 Å². The Balaban J connectivity index is 2.05. The molecule has 0 aliphatic carbocycles. The highest BCUT2D eigenvalue weighted by atomic mass is 16.2. The number of nitrogens with zero attached hydrogens (tertiary/aromatic N) is 2. The number of hydrogen-bond donors (Lipinski definition) is 1. The van der Waals surface area contributed by atoms with Gasteiger partial charge in [0.15, 0.2) is 0 Å². The first kappa shape index (κ1) is 18.4. The molecule has 1 aromatic rings. The number of rotatable bonds is 7. The smallest absolute Gasteiger partial charge is 0.231 e. The number of carbonyl (C=O) groups excluding carboxylic acids is 2. The summed E-state index contributed by atoms with van der Waals surface area (Å²) in [5, 5.41) is 2.96. The van der Waals surface area contributed by atoms with Crippen LogP contribution in [-0.4, -0.2) is 41.3 Å². The largest absolute Gasteiger partial charge is 0.356 e. The van der Waals surface area contributed by atoms with E-state index < -0.39 is 0 Å². The van der Waals surface area contributed by atoms with Crippen LogP contribution in [0.5, 0.6) is 0 Å². The van der Waals surface area contributed by atoms with Crippen molar-refractivity contribution in [3.05, 3.63) is 30.1 Å². The van der Waals surface area contributed by atoms with Gasteiger partial charge in [-0.25, -0.2) is 0 Å². The Morgan fingerprint density at radius 3 is 2.83 bits per heavy atom. The van der Waals surface area contributed by atoms with Gasteiger partial charge in [0.1, 0.15) is 0 Å². The second kappa shape index (κ2) is 9.40. The molecule has 1 N–H and O–H groups in total. The number of piperidine rings is 1. The average Bonchev–Trinajstić information content (AvgIpc) is 2.64. The summed E-state index contributed by atoms with van der Waals surface area (Å²) in [6, 6.07) is 5.72. The molecule has 2 atom stereocenters. The maximum atomic E-state index is 13.0. The summed E-state index contributed by atoms with van der Waals surface area (Å²) in [5.74, 6) is -0.0864. The first-order valence-corrected chi connectivity index (χ1v) is 9.14. The molecule has 2 heterocycles. The molecule has 1 fully saturated rings. The average molecular weight is 331 g/mol. The van der Waals surface area contributed by atoms with Crippen molar-refractivity contribution in [1.82, 2.24) is 15.2 Å². The molecule has 1 aromatic heterocycles. The number of amides is 2. The molecule has 0 unspecified atom stereocenters. The lowest BCUT2D eigenvalue weighted by Gasteiger charge is -2.34. The lowest BCUT2D eigenvalue weighted by Crippen LogP contribution is -2.47. The molecular formula is C19H29N3O2. The van der Waals surface area contributed by atoms with Crippen molar-refractivity contribution in [2.24, 2.45) is 5.92 Å². The molecular weight excluding hydrogens is 302 g/mol. The summed E-state index contributed by atoms with van der Waals surface area (Å²) in [5.41, 5.74) is 0.835. The minimum Gasteiger partial charge on any atom is -0.356 e. The van der Waals surface area contributed by atoms with Crippen molar-refractivity contribution in [1.29, 1.82) is 0 Å². The van der Waals surface area contributed by atoms with E-state index in [0.29, 0.717) is 13.1 Å². The van der Waals surface area contributed by atoms with Gasteiger partial charge in [-0.3, -0.25) is 14.6 Å². The third-order valence-corrected chi connectivity index (χ3v) is 4.57. The van der Waals surface area contributed by atoms with Gasteiger partial charge in [0.2, 0.25) is 11.8 Å². The van der Waals surface area contributed by atoms with Crippen molar-refractivity contribution in [2.75, 3.05) is 19.6 Å². The third kappa shape index (κ3) is 4.79. The Morgan fingerprint density at radius 1 is 1.33 bits per heavy atom. The number of likely N-dealkylation sites (tertiary alicyclic amines) is 1. The summed E-state index contributed by atoms with van der Waals surface area (Å²) in [7, 11) is 0. The van der Waals surface area contributed by atoms with Gasteiger partial charge in [-0.1, -0.05) is 26.3 Å². The molecule has 0 saturated carbocycles. The summed E-state index contributed by atoms with van der Waals surface area (Å²) in [4.78, 5) is 31.5. The minimum absolute atomic E-state index is 0.0826. The number of pyridine rings is 1. The van der Waals surface area contributed by atoms with E-state index in [2.05, 4.69) is 17.2 Å². The van der Waals surface area contributed by atoms with Crippen LogP contribution in [0, 0.1) is 5.92 Å². The molecule has 2 amide bonds. The van der Waals surface area contributed by atoms with Crippen LogP contribution in [-0.2, 0) is 9.59 Å². The van der Waals surface area contributed by atoms with E-state index in [4.69, 9.17) is 0 Å². The van der Waals surface area contributed by atoms with Crippen molar-refractivity contribution in [3.63, 3.8) is 0 Å². The van der Waals surface area contributed by atoms with Crippen LogP contribution in [0.25, 0.3) is 0 Å². The first-order valence-electron chi connectivity index (χ1n) is 9.14. The quantitative estimate of drug-likeness (QED) is 0.835. The molecule has 1 saturated heterocycles. The second-order valence-electron chi connectivity index (χ2n) is 6.51. The Labute approximate surface area is 144 Å². The topological polar surface area (TPSA) is 62.3 Å². The first-order chi connectivity index (χ1) is 11.7. The zero-order chi connectivity index (χ0) is 17.4. The van der Waals surface area contributed by atoms with Crippen LogP contribution < -0.4 is 5.32 Å². The Kier molecular flexibility index (Phi) is 7.22. The van der Waals surface area contributed by atoms with Gasteiger partial charge in [0.25, 0.3) is 0 Å². The number of carbonyl (C=O) groups is 2. The fourth-order valence-electron chi connectivity index (χ4n) is 3.27. The van der Waals surface area contributed by atoms with Gasteiger partial charge in [-0.2, -0.15) is 0 Å². The zero-order valence-electron chi connectivity index (χ0n) is 14.8. The number of nitrogens with one attached hydrogen (secondary N) is 1. The lowest BCUT2D eigenvalue weighted by atomic mass is 9.93.